The van der Waals surface area contributed by atoms with Crippen molar-refractivity contribution in [3.05, 3.63) is 41.4 Å². The van der Waals surface area contributed by atoms with Crippen LogP contribution in [0.4, 0.5) is 0 Å². The Morgan fingerprint density at radius 3 is 3.05 bits per heavy atom. The second-order valence-electron chi connectivity index (χ2n) is 5.27. The number of methoxy groups -OCH3 is 1. The molecular weight excluding hydrogens is 304 g/mol. The summed E-state index contributed by atoms with van der Waals surface area (Å²) in [5.41, 5.74) is 0.533. The number of ether oxygens (including phenoxy) is 1. The minimum Gasteiger partial charge on any atom is -0.496 e. The highest BCUT2D eigenvalue weighted by Crippen LogP contribution is 2.27. The molecule has 6 nitrogen and oxygen atoms in total. The van der Waals surface area contributed by atoms with Gasteiger partial charge in [0.1, 0.15) is 18.4 Å². The van der Waals surface area contributed by atoms with Gasteiger partial charge in [0, 0.05) is 18.1 Å². The number of amides is 1. The van der Waals surface area contributed by atoms with Crippen LogP contribution in [0.5, 0.6) is 5.75 Å². The fraction of sp³-hybridized carbons (Fsp3) is 0.400. The van der Waals surface area contributed by atoms with Gasteiger partial charge in [0.05, 0.1) is 18.7 Å². The molecule has 116 valence electrons. The Bertz CT molecular complexity index is 660. The zero-order chi connectivity index (χ0) is 15.5. The zero-order valence-electron chi connectivity index (χ0n) is 12.3. The zero-order valence-corrected chi connectivity index (χ0v) is 13.0. The number of piperidine rings is 1. The summed E-state index contributed by atoms with van der Waals surface area (Å²) in [4.78, 5) is 18.6. The SMILES string of the molecule is COc1cc(Cl)ccc1C(=O)N1CCC[C@H](n2cncn2)C1. The average molecular weight is 321 g/mol. The average Bonchev–Trinajstić information content (AvgIpc) is 3.08. The Balaban J connectivity index is 1.80. The third kappa shape index (κ3) is 2.92. The first-order valence-electron chi connectivity index (χ1n) is 7.16. The predicted molar refractivity (Wildman–Crippen MR) is 82.2 cm³/mol. The number of likely N-dealkylation sites (tertiary alicyclic amines) is 1. The van der Waals surface area contributed by atoms with Crippen LogP contribution in [0.15, 0.2) is 30.9 Å². The predicted octanol–water partition coefficient (Wildman–Crippen LogP) is 2.42. The number of nitrogens with zero attached hydrogens (tertiary/aromatic N) is 4. The monoisotopic (exact) mass is 320 g/mol. The van der Waals surface area contributed by atoms with Crippen LogP contribution in [0.1, 0.15) is 29.2 Å². The molecule has 3 rings (SSSR count). The molecule has 1 aliphatic heterocycles. The van der Waals surface area contributed by atoms with E-state index in [1.165, 1.54) is 13.4 Å². The highest BCUT2D eigenvalue weighted by Gasteiger charge is 2.27. The fourth-order valence-corrected chi connectivity index (χ4v) is 2.94. The molecule has 0 bridgehead atoms. The minimum absolute atomic E-state index is 0.0432. The van der Waals surface area contributed by atoms with Crippen molar-refractivity contribution in [1.82, 2.24) is 19.7 Å². The number of carbonyl (C=O) groups excluding carboxylic acids is 1. The van der Waals surface area contributed by atoms with Crippen molar-refractivity contribution >= 4 is 17.5 Å². The second-order valence-corrected chi connectivity index (χ2v) is 5.70. The molecule has 1 fully saturated rings. The summed E-state index contributed by atoms with van der Waals surface area (Å²) < 4.78 is 7.10. The van der Waals surface area contributed by atoms with E-state index in [0.29, 0.717) is 22.9 Å². The number of aromatic nitrogens is 3. The van der Waals surface area contributed by atoms with Crippen LogP contribution in [0.3, 0.4) is 0 Å². The molecule has 2 aromatic rings. The summed E-state index contributed by atoms with van der Waals surface area (Å²) in [6, 6.07) is 5.24. The third-order valence-corrected chi connectivity index (χ3v) is 4.12. The van der Waals surface area contributed by atoms with E-state index in [2.05, 4.69) is 10.1 Å². The van der Waals surface area contributed by atoms with Crippen LogP contribution in [0, 0.1) is 0 Å². The largest absolute Gasteiger partial charge is 0.496 e. The normalized spacial score (nSPS) is 18.3. The molecule has 0 unspecified atom stereocenters. The van der Waals surface area contributed by atoms with Gasteiger partial charge in [-0.15, -0.1) is 0 Å². The lowest BCUT2D eigenvalue weighted by Crippen LogP contribution is -2.41. The number of hydrogen-bond donors (Lipinski definition) is 0. The van der Waals surface area contributed by atoms with Crippen molar-refractivity contribution in [1.29, 1.82) is 0 Å². The van der Waals surface area contributed by atoms with Crippen LogP contribution < -0.4 is 4.74 Å². The minimum atomic E-state index is -0.0432. The first-order chi connectivity index (χ1) is 10.7. The Labute approximate surface area is 133 Å². The van der Waals surface area contributed by atoms with Crippen LogP contribution in [0.2, 0.25) is 5.02 Å². The molecule has 1 aromatic carbocycles. The standard InChI is InChI=1S/C15H17ClN4O2/c1-22-14-7-11(16)4-5-13(14)15(21)19-6-2-3-12(8-19)20-10-17-9-18-20/h4-5,7,9-10,12H,2-3,6,8H2,1H3/t12-/m0/s1. The quantitative estimate of drug-likeness (QED) is 0.871. The number of hydrogen-bond acceptors (Lipinski definition) is 4. The topological polar surface area (TPSA) is 60.2 Å². The molecule has 1 aromatic heterocycles. The lowest BCUT2D eigenvalue weighted by atomic mass is 10.0. The van der Waals surface area contributed by atoms with Gasteiger partial charge in [0.25, 0.3) is 5.91 Å². The number of carbonyl (C=O) groups is 1. The van der Waals surface area contributed by atoms with E-state index >= 15 is 0 Å². The Morgan fingerprint density at radius 1 is 1.45 bits per heavy atom. The summed E-state index contributed by atoms with van der Waals surface area (Å²) >= 11 is 5.95. The maximum atomic E-state index is 12.8. The van der Waals surface area contributed by atoms with Gasteiger partial charge >= 0.3 is 0 Å². The Hall–Kier alpha value is -2.08. The van der Waals surface area contributed by atoms with Crippen LogP contribution >= 0.6 is 11.6 Å². The summed E-state index contributed by atoms with van der Waals surface area (Å²) in [6.45, 7) is 1.35. The van der Waals surface area contributed by atoms with Gasteiger partial charge in [-0.3, -0.25) is 4.79 Å². The molecule has 0 saturated carbocycles. The van der Waals surface area contributed by atoms with E-state index < -0.39 is 0 Å². The summed E-state index contributed by atoms with van der Waals surface area (Å²) in [7, 11) is 1.54. The molecule has 1 saturated heterocycles. The molecule has 0 spiro atoms. The van der Waals surface area contributed by atoms with Crippen molar-refractivity contribution in [3.63, 3.8) is 0 Å². The van der Waals surface area contributed by atoms with Crippen molar-refractivity contribution < 1.29 is 9.53 Å². The molecular formula is C15H17ClN4O2. The van der Waals surface area contributed by atoms with Crippen LogP contribution in [-0.4, -0.2) is 45.8 Å². The summed E-state index contributed by atoms with van der Waals surface area (Å²) in [6.07, 6.45) is 5.14. The molecule has 0 radical (unpaired) electrons. The lowest BCUT2D eigenvalue weighted by molar-refractivity contribution is 0.0669. The molecule has 7 heteroatoms. The van der Waals surface area contributed by atoms with Crippen LogP contribution in [0.25, 0.3) is 0 Å². The number of benzene rings is 1. The van der Waals surface area contributed by atoms with Gasteiger partial charge in [-0.2, -0.15) is 5.10 Å². The number of halogens is 1. The lowest BCUT2D eigenvalue weighted by Gasteiger charge is -2.33. The van der Waals surface area contributed by atoms with Crippen molar-refractivity contribution in [2.45, 2.75) is 18.9 Å². The van der Waals surface area contributed by atoms with E-state index in [0.717, 1.165) is 19.4 Å². The molecule has 1 amide bonds. The van der Waals surface area contributed by atoms with E-state index in [4.69, 9.17) is 16.3 Å². The first-order valence-corrected chi connectivity index (χ1v) is 7.54. The highest BCUT2D eigenvalue weighted by molar-refractivity contribution is 6.30. The number of rotatable bonds is 3. The molecule has 0 N–H and O–H groups in total. The summed E-state index contributed by atoms with van der Waals surface area (Å²) in [5, 5.41) is 4.73. The molecule has 1 atom stereocenters. The van der Waals surface area contributed by atoms with Gasteiger partial charge in [0.2, 0.25) is 0 Å². The molecule has 0 aliphatic carbocycles. The Morgan fingerprint density at radius 2 is 2.32 bits per heavy atom. The molecule has 1 aliphatic rings. The van der Waals surface area contributed by atoms with Crippen molar-refractivity contribution in [2.75, 3.05) is 20.2 Å². The van der Waals surface area contributed by atoms with Gasteiger partial charge in [-0.1, -0.05) is 11.6 Å². The van der Waals surface area contributed by atoms with E-state index in [9.17, 15) is 4.79 Å². The first kappa shape index (κ1) is 14.8. The van der Waals surface area contributed by atoms with Gasteiger partial charge in [-0.05, 0) is 31.0 Å². The van der Waals surface area contributed by atoms with E-state index in [1.54, 1.807) is 24.5 Å². The van der Waals surface area contributed by atoms with Crippen molar-refractivity contribution in [2.24, 2.45) is 0 Å². The Kier molecular flexibility index (Phi) is 4.29. The molecule has 22 heavy (non-hydrogen) atoms. The second kappa shape index (κ2) is 6.36. The van der Waals surface area contributed by atoms with E-state index in [-0.39, 0.29) is 11.9 Å². The van der Waals surface area contributed by atoms with Gasteiger partial charge in [-0.25, -0.2) is 9.67 Å². The molecule has 2 heterocycles. The highest BCUT2D eigenvalue weighted by atomic mass is 35.5. The van der Waals surface area contributed by atoms with Crippen LogP contribution in [-0.2, 0) is 0 Å². The van der Waals surface area contributed by atoms with Gasteiger partial charge in [0.15, 0.2) is 0 Å². The maximum Gasteiger partial charge on any atom is 0.257 e. The van der Waals surface area contributed by atoms with E-state index in [1.807, 2.05) is 9.58 Å². The smallest absolute Gasteiger partial charge is 0.257 e. The fourth-order valence-electron chi connectivity index (χ4n) is 2.77. The third-order valence-electron chi connectivity index (χ3n) is 3.89. The maximum absolute atomic E-state index is 12.8. The van der Waals surface area contributed by atoms with Gasteiger partial charge < -0.3 is 9.64 Å². The summed E-state index contributed by atoms with van der Waals surface area (Å²) in [5.74, 6) is 0.457. The van der Waals surface area contributed by atoms with Crippen molar-refractivity contribution in [3.8, 4) is 5.75 Å².